The summed E-state index contributed by atoms with van der Waals surface area (Å²) in [6.45, 7) is 2.35. The van der Waals surface area contributed by atoms with E-state index in [2.05, 4.69) is 5.32 Å². The number of nitrogens with one attached hydrogen (secondary N) is 1. The summed E-state index contributed by atoms with van der Waals surface area (Å²) in [7, 11) is -2.33. The van der Waals surface area contributed by atoms with Crippen molar-refractivity contribution in [3.05, 3.63) is 28.3 Å². The predicted molar refractivity (Wildman–Crippen MR) is 79.8 cm³/mol. The van der Waals surface area contributed by atoms with E-state index >= 15 is 0 Å². The molecule has 1 aromatic carbocycles. The van der Waals surface area contributed by atoms with Crippen LogP contribution in [0.15, 0.2) is 23.1 Å². The SMILES string of the molecule is CCC1CCCN1S(=O)(=O)c1cccc(NC)c1[N+](=O)[O-]. The highest BCUT2D eigenvalue weighted by Crippen LogP contribution is 2.36. The van der Waals surface area contributed by atoms with Crippen molar-refractivity contribution in [3.63, 3.8) is 0 Å². The molecule has 1 aromatic rings. The minimum atomic E-state index is -3.86. The van der Waals surface area contributed by atoms with Gasteiger partial charge in [0.15, 0.2) is 4.90 Å². The zero-order valence-corrected chi connectivity index (χ0v) is 12.9. The molecule has 0 spiro atoms. The average molecular weight is 313 g/mol. The molecule has 0 radical (unpaired) electrons. The van der Waals surface area contributed by atoms with E-state index in [9.17, 15) is 18.5 Å². The van der Waals surface area contributed by atoms with E-state index in [0.717, 1.165) is 12.8 Å². The molecule has 0 bridgehead atoms. The van der Waals surface area contributed by atoms with E-state index in [1.54, 1.807) is 0 Å². The normalized spacial score (nSPS) is 19.6. The number of sulfonamides is 1. The Morgan fingerprint density at radius 2 is 2.19 bits per heavy atom. The molecule has 1 unspecified atom stereocenters. The topological polar surface area (TPSA) is 92.6 Å². The molecule has 8 heteroatoms. The van der Waals surface area contributed by atoms with Crippen molar-refractivity contribution >= 4 is 21.4 Å². The lowest BCUT2D eigenvalue weighted by Crippen LogP contribution is -2.35. The number of nitro groups is 1. The first-order chi connectivity index (χ1) is 9.93. The van der Waals surface area contributed by atoms with Gasteiger partial charge in [-0.15, -0.1) is 0 Å². The molecule has 21 heavy (non-hydrogen) atoms. The van der Waals surface area contributed by atoms with Crippen molar-refractivity contribution in [1.29, 1.82) is 0 Å². The Morgan fingerprint density at radius 1 is 1.48 bits per heavy atom. The minimum absolute atomic E-state index is 0.0761. The van der Waals surface area contributed by atoms with Gasteiger partial charge < -0.3 is 5.32 Å². The highest BCUT2D eigenvalue weighted by atomic mass is 32.2. The second-order valence-electron chi connectivity index (χ2n) is 4.98. The van der Waals surface area contributed by atoms with Gasteiger partial charge in [0, 0.05) is 19.6 Å². The van der Waals surface area contributed by atoms with Gasteiger partial charge in [0.1, 0.15) is 5.69 Å². The van der Waals surface area contributed by atoms with Crippen molar-refractivity contribution < 1.29 is 13.3 Å². The molecule has 116 valence electrons. The molecule has 0 amide bonds. The number of nitro benzene ring substituents is 1. The van der Waals surface area contributed by atoms with Gasteiger partial charge in [-0.1, -0.05) is 13.0 Å². The molecule has 1 saturated heterocycles. The summed E-state index contributed by atoms with van der Waals surface area (Å²) in [5, 5.41) is 14.0. The van der Waals surface area contributed by atoms with Gasteiger partial charge >= 0.3 is 5.69 Å². The molecule has 7 nitrogen and oxygen atoms in total. The van der Waals surface area contributed by atoms with Crippen LogP contribution < -0.4 is 5.32 Å². The molecular weight excluding hydrogens is 294 g/mol. The number of hydrogen-bond donors (Lipinski definition) is 1. The van der Waals surface area contributed by atoms with Crippen LogP contribution in [0.2, 0.25) is 0 Å². The lowest BCUT2D eigenvalue weighted by molar-refractivity contribution is -0.386. The molecule has 0 aromatic heterocycles. The quantitative estimate of drug-likeness (QED) is 0.664. The standard InChI is InChI=1S/C13H19N3O4S/c1-3-10-6-5-9-15(10)21(19,20)12-8-4-7-11(14-2)13(12)16(17)18/h4,7-8,10,14H,3,5-6,9H2,1-2H3. The van der Waals surface area contributed by atoms with Crippen LogP contribution in [0, 0.1) is 10.1 Å². The van der Waals surface area contributed by atoms with E-state index in [0.29, 0.717) is 13.0 Å². The maximum atomic E-state index is 12.8. The van der Waals surface area contributed by atoms with Gasteiger partial charge in [-0.05, 0) is 31.4 Å². The molecule has 2 rings (SSSR count). The maximum Gasteiger partial charge on any atom is 0.312 e. The van der Waals surface area contributed by atoms with Gasteiger partial charge in [0.25, 0.3) is 0 Å². The van der Waals surface area contributed by atoms with Gasteiger partial charge in [-0.3, -0.25) is 10.1 Å². The number of para-hydroxylation sites is 1. The van der Waals surface area contributed by atoms with E-state index in [1.807, 2.05) is 6.92 Å². The van der Waals surface area contributed by atoms with Crippen molar-refractivity contribution in [2.24, 2.45) is 0 Å². The molecule has 1 N–H and O–H groups in total. The Bertz CT molecular complexity index is 645. The zero-order chi connectivity index (χ0) is 15.6. The summed E-state index contributed by atoms with van der Waals surface area (Å²) < 4.78 is 27.0. The maximum absolute atomic E-state index is 12.8. The largest absolute Gasteiger partial charge is 0.383 e. The number of nitrogens with zero attached hydrogens (tertiary/aromatic N) is 2. The lowest BCUT2D eigenvalue weighted by atomic mass is 10.2. The first kappa shape index (κ1) is 15.7. The Balaban J connectivity index is 2.57. The van der Waals surface area contributed by atoms with Gasteiger partial charge in [0.2, 0.25) is 10.0 Å². The smallest absolute Gasteiger partial charge is 0.312 e. The van der Waals surface area contributed by atoms with Crippen LogP contribution in [-0.2, 0) is 10.0 Å². The Labute approximate surface area is 124 Å². The van der Waals surface area contributed by atoms with Crippen LogP contribution in [0.1, 0.15) is 26.2 Å². The van der Waals surface area contributed by atoms with E-state index < -0.39 is 14.9 Å². The Hall–Kier alpha value is -1.67. The van der Waals surface area contributed by atoms with Crippen molar-refractivity contribution in [1.82, 2.24) is 4.31 Å². The first-order valence-electron chi connectivity index (χ1n) is 6.90. The second-order valence-corrected chi connectivity index (χ2v) is 6.84. The van der Waals surface area contributed by atoms with Crippen LogP contribution in [-0.4, -0.2) is 37.3 Å². The van der Waals surface area contributed by atoms with Crippen molar-refractivity contribution in [3.8, 4) is 0 Å². The Kier molecular flexibility index (Phi) is 4.48. The molecule has 1 aliphatic rings. The van der Waals surface area contributed by atoms with Crippen LogP contribution in [0.5, 0.6) is 0 Å². The molecule has 1 heterocycles. The number of rotatable bonds is 5. The summed E-state index contributed by atoms with van der Waals surface area (Å²) in [5.74, 6) is 0. The molecule has 1 atom stereocenters. The fourth-order valence-corrected chi connectivity index (χ4v) is 4.73. The average Bonchev–Trinajstić information content (AvgIpc) is 2.95. The fourth-order valence-electron chi connectivity index (χ4n) is 2.78. The molecule has 1 aliphatic heterocycles. The highest BCUT2D eigenvalue weighted by molar-refractivity contribution is 7.89. The first-order valence-corrected chi connectivity index (χ1v) is 8.34. The molecular formula is C13H19N3O4S. The van der Waals surface area contributed by atoms with Crippen LogP contribution in [0.4, 0.5) is 11.4 Å². The van der Waals surface area contributed by atoms with Crippen LogP contribution >= 0.6 is 0 Å². The number of hydrogen-bond acceptors (Lipinski definition) is 5. The second kappa shape index (κ2) is 5.98. The van der Waals surface area contributed by atoms with Gasteiger partial charge in [0.05, 0.1) is 4.92 Å². The lowest BCUT2D eigenvalue weighted by Gasteiger charge is -2.23. The number of benzene rings is 1. The molecule has 1 fully saturated rings. The summed E-state index contributed by atoms with van der Waals surface area (Å²) in [5.41, 5.74) is -0.185. The van der Waals surface area contributed by atoms with Crippen molar-refractivity contribution in [2.75, 3.05) is 18.9 Å². The molecule has 0 aliphatic carbocycles. The molecule has 0 saturated carbocycles. The Morgan fingerprint density at radius 3 is 2.76 bits per heavy atom. The number of anilines is 1. The third kappa shape index (κ3) is 2.73. The monoisotopic (exact) mass is 313 g/mol. The third-order valence-electron chi connectivity index (χ3n) is 3.83. The van der Waals surface area contributed by atoms with E-state index in [-0.39, 0.29) is 22.3 Å². The summed E-state index contributed by atoms with van der Waals surface area (Å²) in [6.07, 6.45) is 2.30. The highest BCUT2D eigenvalue weighted by Gasteiger charge is 2.38. The third-order valence-corrected chi connectivity index (χ3v) is 5.82. The van der Waals surface area contributed by atoms with E-state index in [4.69, 9.17) is 0 Å². The van der Waals surface area contributed by atoms with Crippen LogP contribution in [0.3, 0.4) is 0 Å². The summed E-state index contributed by atoms with van der Waals surface area (Å²) >= 11 is 0. The van der Waals surface area contributed by atoms with Gasteiger partial charge in [-0.2, -0.15) is 4.31 Å². The predicted octanol–water partition coefficient (Wildman–Crippen LogP) is 2.20. The minimum Gasteiger partial charge on any atom is -0.383 e. The summed E-state index contributed by atoms with van der Waals surface area (Å²) in [4.78, 5) is 10.4. The zero-order valence-electron chi connectivity index (χ0n) is 12.1. The van der Waals surface area contributed by atoms with Crippen LogP contribution in [0.25, 0.3) is 0 Å². The van der Waals surface area contributed by atoms with Crippen molar-refractivity contribution in [2.45, 2.75) is 37.1 Å². The van der Waals surface area contributed by atoms with E-state index in [1.165, 1.54) is 29.6 Å². The fraction of sp³-hybridized carbons (Fsp3) is 0.538. The summed E-state index contributed by atoms with van der Waals surface area (Å²) in [6, 6.07) is 4.24. The van der Waals surface area contributed by atoms with Gasteiger partial charge in [-0.25, -0.2) is 8.42 Å².